The SMILES string of the molecule is COC1=CC(OCc2ncc(C(F)(F)F)cc2F)=CCC1c1[nH]c(C2CC(F)(F)C2)nc1Br. The summed E-state index contributed by atoms with van der Waals surface area (Å²) in [6.45, 7) is -0.373. The van der Waals surface area contributed by atoms with Gasteiger partial charge >= 0.3 is 6.18 Å². The highest BCUT2D eigenvalue weighted by Gasteiger charge is 2.47. The van der Waals surface area contributed by atoms with Gasteiger partial charge in [-0.2, -0.15) is 13.2 Å². The van der Waals surface area contributed by atoms with Gasteiger partial charge < -0.3 is 14.5 Å². The first-order valence-electron chi connectivity index (χ1n) is 9.90. The molecule has 12 heteroatoms. The second-order valence-electron chi connectivity index (χ2n) is 7.87. The van der Waals surface area contributed by atoms with E-state index >= 15 is 0 Å². The predicted octanol–water partition coefficient (Wildman–Crippen LogP) is 6.36. The Kier molecular flexibility index (Phi) is 6.23. The number of pyridine rings is 1. The van der Waals surface area contributed by atoms with E-state index in [0.717, 1.165) is 0 Å². The summed E-state index contributed by atoms with van der Waals surface area (Å²) in [6, 6.07) is 0.374. The van der Waals surface area contributed by atoms with Crippen LogP contribution < -0.4 is 0 Å². The number of nitrogens with zero attached hydrogens (tertiary/aromatic N) is 2. The van der Waals surface area contributed by atoms with Gasteiger partial charge in [0.1, 0.15) is 40.1 Å². The van der Waals surface area contributed by atoms with E-state index in [1.807, 2.05) is 0 Å². The summed E-state index contributed by atoms with van der Waals surface area (Å²) in [6.07, 6.45) is -0.967. The molecule has 1 saturated carbocycles. The summed E-state index contributed by atoms with van der Waals surface area (Å²) < 4.78 is 89.8. The number of H-pyrrole nitrogens is 1. The number of methoxy groups -OCH3 is 1. The highest BCUT2D eigenvalue weighted by molar-refractivity contribution is 9.10. The van der Waals surface area contributed by atoms with Crippen molar-refractivity contribution in [3.8, 4) is 0 Å². The first-order valence-corrected chi connectivity index (χ1v) is 10.7. The van der Waals surface area contributed by atoms with Crippen LogP contribution >= 0.6 is 15.9 Å². The molecule has 1 N–H and O–H groups in total. The van der Waals surface area contributed by atoms with Gasteiger partial charge in [-0.25, -0.2) is 18.2 Å². The molecule has 0 radical (unpaired) electrons. The van der Waals surface area contributed by atoms with Gasteiger partial charge in [0, 0.05) is 31.0 Å². The number of allylic oxidation sites excluding steroid dienone is 3. The maximum Gasteiger partial charge on any atom is 0.417 e. The summed E-state index contributed by atoms with van der Waals surface area (Å²) in [5, 5.41) is 0. The van der Waals surface area contributed by atoms with Crippen LogP contribution in [0.3, 0.4) is 0 Å². The zero-order chi connectivity index (χ0) is 24.0. The third-order valence-electron chi connectivity index (χ3n) is 5.57. The van der Waals surface area contributed by atoms with Gasteiger partial charge in [0.15, 0.2) is 0 Å². The Morgan fingerprint density at radius 1 is 1.27 bits per heavy atom. The Morgan fingerprint density at radius 3 is 2.61 bits per heavy atom. The van der Waals surface area contributed by atoms with Crippen LogP contribution in [-0.2, 0) is 22.3 Å². The van der Waals surface area contributed by atoms with Crippen LogP contribution in [0.15, 0.2) is 40.5 Å². The van der Waals surface area contributed by atoms with Gasteiger partial charge in [0.05, 0.1) is 24.3 Å². The van der Waals surface area contributed by atoms with Crippen molar-refractivity contribution in [3.63, 3.8) is 0 Å². The van der Waals surface area contributed by atoms with E-state index in [1.54, 1.807) is 12.2 Å². The third-order valence-corrected chi connectivity index (χ3v) is 6.17. The first kappa shape index (κ1) is 23.7. The fourth-order valence-corrected chi connectivity index (χ4v) is 4.32. The molecule has 2 heterocycles. The minimum absolute atomic E-state index is 0.254. The molecule has 2 aromatic rings. The fourth-order valence-electron chi connectivity index (χ4n) is 3.75. The molecule has 178 valence electrons. The average molecular weight is 538 g/mol. The van der Waals surface area contributed by atoms with Crippen molar-refractivity contribution in [1.29, 1.82) is 0 Å². The topological polar surface area (TPSA) is 60.0 Å². The highest BCUT2D eigenvalue weighted by atomic mass is 79.9. The Hall–Kier alpha value is -2.50. The zero-order valence-electron chi connectivity index (χ0n) is 17.1. The van der Waals surface area contributed by atoms with Gasteiger partial charge in [-0.05, 0) is 34.5 Å². The normalized spacial score (nSPS) is 20.7. The molecule has 0 amide bonds. The van der Waals surface area contributed by atoms with E-state index in [2.05, 4.69) is 30.9 Å². The molecule has 33 heavy (non-hydrogen) atoms. The molecular formula is C21H18BrF6N3O2. The Bertz CT molecular complexity index is 1100. The van der Waals surface area contributed by atoms with Gasteiger partial charge in [-0.1, -0.05) is 0 Å². The van der Waals surface area contributed by atoms with Crippen molar-refractivity contribution in [2.75, 3.05) is 7.11 Å². The van der Waals surface area contributed by atoms with Gasteiger partial charge in [-0.15, -0.1) is 0 Å². The molecule has 1 atom stereocenters. The second kappa shape index (κ2) is 8.69. The number of aromatic nitrogens is 3. The Morgan fingerprint density at radius 2 is 2.00 bits per heavy atom. The minimum Gasteiger partial charge on any atom is -0.500 e. The van der Waals surface area contributed by atoms with Gasteiger partial charge in [-0.3, -0.25) is 4.98 Å². The third kappa shape index (κ3) is 5.04. The van der Waals surface area contributed by atoms with Crippen LogP contribution in [-0.4, -0.2) is 28.0 Å². The lowest BCUT2D eigenvalue weighted by Crippen LogP contribution is -2.34. The van der Waals surface area contributed by atoms with Crippen molar-refractivity contribution in [3.05, 3.63) is 69.1 Å². The largest absolute Gasteiger partial charge is 0.500 e. The maximum absolute atomic E-state index is 14.0. The predicted molar refractivity (Wildman–Crippen MR) is 108 cm³/mol. The molecule has 2 aliphatic carbocycles. The van der Waals surface area contributed by atoms with Crippen LogP contribution in [0.4, 0.5) is 26.3 Å². The molecule has 0 aliphatic heterocycles. The summed E-state index contributed by atoms with van der Waals surface area (Å²) >= 11 is 3.37. The zero-order valence-corrected chi connectivity index (χ0v) is 18.7. The summed E-state index contributed by atoms with van der Waals surface area (Å²) in [7, 11) is 1.45. The number of hydrogen-bond acceptors (Lipinski definition) is 4. The number of rotatable bonds is 6. The summed E-state index contributed by atoms with van der Waals surface area (Å²) in [5.41, 5.74) is -0.782. The number of halogens is 7. The van der Waals surface area contributed by atoms with E-state index in [-0.39, 0.29) is 37.0 Å². The van der Waals surface area contributed by atoms with E-state index in [0.29, 0.717) is 46.3 Å². The Labute approximate surface area is 193 Å². The van der Waals surface area contributed by atoms with Crippen LogP contribution in [0.1, 0.15) is 53.9 Å². The number of ether oxygens (including phenoxy) is 2. The summed E-state index contributed by atoms with van der Waals surface area (Å²) in [5.74, 6) is -3.12. The number of alkyl halides is 5. The fraction of sp³-hybridized carbons (Fsp3) is 0.429. The van der Waals surface area contributed by atoms with E-state index in [4.69, 9.17) is 9.47 Å². The van der Waals surface area contributed by atoms with Gasteiger partial charge in [0.25, 0.3) is 0 Å². The number of imidazole rings is 1. The lowest BCUT2D eigenvalue weighted by Gasteiger charge is -2.33. The van der Waals surface area contributed by atoms with Gasteiger partial charge in [0.2, 0.25) is 5.92 Å². The van der Waals surface area contributed by atoms with Crippen LogP contribution in [0, 0.1) is 5.82 Å². The lowest BCUT2D eigenvalue weighted by molar-refractivity contribution is -0.138. The second-order valence-corrected chi connectivity index (χ2v) is 8.62. The maximum atomic E-state index is 14.0. The minimum atomic E-state index is -4.69. The molecule has 0 bridgehead atoms. The molecule has 1 unspecified atom stereocenters. The average Bonchev–Trinajstić information content (AvgIpc) is 3.11. The van der Waals surface area contributed by atoms with Crippen LogP contribution in [0.25, 0.3) is 0 Å². The highest BCUT2D eigenvalue weighted by Crippen LogP contribution is 2.48. The van der Waals surface area contributed by atoms with Crippen molar-refractivity contribution in [2.45, 2.75) is 49.8 Å². The molecular weight excluding hydrogens is 520 g/mol. The molecule has 2 aliphatic rings. The number of aromatic amines is 1. The first-order chi connectivity index (χ1) is 15.5. The monoisotopic (exact) mass is 537 g/mol. The smallest absolute Gasteiger partial charge is 0.417 e. The van der Waals surface area contributed by atoms with E-state index in [9.17, 15) is 26.3 Å². The van der Waals surface area contributed by atoms with E-state index < -0.39 is 23.5 Å². The van der Waals surface area contributed by atoms with Crippen LogP contribution in [0.2, 0.25) is 0 Å². The van der Waals surface area contributed by atoms with Crippen LogP contribution in [0.5, 0.6) is 0 Å². The number of nitrogens with one attached hydrogen (secondary N) is 1. The summed E-state index contributed by atoms with van der Waals surface area (Å²) in [4.78, 5) is 11.0. The molecule has 2 aromatic heterocycles. The molecule has 0 saturated heterocycles. The number of hydrogen-bond donors (Lipinski definition) is 1. The molecule has 0 aromatic carbocycles. The molecule has 4 rings (SSSR count). The molecule has 5 nitrogen and oxygen atoms in total. The van der Waals surface area contributed by atoms with Crippen molar-refractivity contribution >= 4 is 15.9 Å². The molecule has 0 spiro atoms. The molecule has 1 fully saturated rings. The van der Waals surface area contributed by atoms with Crippen molar-refractivity contribution < 1.29 is 35.8 Å². The standard InChI is InChI=1S/C21H18BrF6N3O2/c1-32-16-5-12(33-9-15-14(23)4-11(8-29-15)21(26,27)28)2-3-13(16)17-18(22)31-19(30-17)10-6-20(24,25)7-10/h2,4-5,8,10,13H,3,6-7,9H2,1H3,(H,30,31). The van der Waals surface area contributed by atoms with Crippen molar-refractivity contribution in [1.82, 2.24) is 15.0 Å². The van der Waals surface area contributed by atoms with Crippen molar-refractivity contribution in [2.24, 2.45) is 0 Å². The quantitative estimate of drug-likeness (QED) is 0.436. The van der Waals surface area contributed by atoms with E-state index in [1.165, 1.54) is 7.11 Å². The Balaban J connectivity index is 1.44. The lowest BCUT2D eigenvalue weighted by atomic mass is 9.81.